The number of nitrogens with zero attached hydrogens (tertiary/aromatic N) is 3. The second-order valence-electron chi connectivity index (χ2n) is 5.89. The minimum atomic E-state index is -0.411. The van der Waals surface area contributed by atoms with Crippen LogP contribution < -0.4 is 0 Å². The molecule has 3 heterocycles. The first kappa shape index (κ1) is 13.9. The summed E-state index contributed by atoms with van der Waals surface area (Å²) in [5, 5.41) is 5.93. The fraction of sp³-hybridized carbons (Fsp3) is 0.333. The predicted molar refractivity (Wildman–Crippen MR) is 81.1 cm³/mol. The second-order valence-corrected chi connectivity index (χ2v) is 6.84. The highest BCUT2D eigenvalue weighted by atomic mass is 32.1. The normalized spacial score (nSPS) is 12.0. The predicted octanol–water partition coefficient (Wildman–Crippen LogP) is 3.50. The highest BCUT2D eigenvalue weighted by Crippen LogP contribution is 2.24. The summed E-state index contributed by atoms with van der Waals surface area (Å²) in [6.07, 6.45) is 1.88. The summed E-state index contributed by atoms with van der Waals surface area (Å²) in [7, 11) is 0. The van der Waals surface area contributed by atoms with Crippen molar-refractivity contribution in [2.24, 2.45) is 5.41 Å². The van der Waals surface area contributed by atoms with Crippen LogP contribution in [0.1, 0.15) is 26.7 Å². The standard InChI is InChI=1S/C15H15N3O2S/c1-15(2,3)12(19)7-13-17-14(18-20-13)9-6-11-10(16-8-9)4-5-21-11/h4-6,8H,7H2,1-3H3. The smallest absolute Gasteiger partial charge is 0.234 e. The van der Waals surface area contributed by atoms with E-state index in [1.165, 1.54) is 0 Å². The van der Waals surface area contributed by atoms with Gasteiger partial charge < -0.3 is 4.52 Å². The number of pyridine rings is 1. The number of ketones is 1. The highest BCUT2D eigenvalue weighted by Gasteiger charge is 2.24. The van der Waals surface area contributed by atoms with E-state index in [0.29, 0.717) is 11.7 Å². The van der Waals surface area contributed by atoms with Crippen LogP contribution in [0.4, 0.5) is 0 Å². The molecule has 3 aromatic heterocycles. The molecular weight excluding hydrogens is 286 g/mol. The Labute approximate surface area is 126 Å². The molecule has 3 rings (SSSR count). The molecule has 0 atom stereocenters. The molecule has 0 bridgehead atoms. The number of Topliss-reactive ketones (excluding diaryl/α,β-unsaturated/α-hetero) is 1. The van der Waals surface area contributed by atoms with E-state index >= 15 is 0 Å². The third-order valence-corrected chi connectivity index (χ3v) is 4.03. The van der Waals surface area contributed by atoms with E-state index in [9.17, 15) is 4.79 Å². The van der Waals surface area contributed by atoms with Crippen LogP contribution in [0.25, 0.3) is 21.6 Å². The molecule has 0 spiro atoms. The fourth-order valence-corrected chi connectivity index (χ4v) is 2.60. The summed E-state index contributed by atoms with van der Waals surface area (Å²) in [4.78, 5) is 20.6. The van der Waals surface area contributed by atoms with Crippen LogP contribution in [0, 0.1) is 5.41 Å². The zero-order valence-corrected chi connectivity index (χ0v) is 12.9. The van der Waals surface area contributed by atoms with Crippen molar-refractivity contribution >= 4 is 27.3 Å². The van der Waals surface area contributed by atoms with Crippen LogP contribution in [0.3, 0.4) is 0 Å². The van der Waals surface area contributed by atoms with Crippen molar-refractivity contribution in [2.45, 2.75) is 27.2 Å². The Balaban J connectivity index is 1.85. The van der Waals surface area contributed by atoms with Gasteiger partial charge in [0, 0.05) is 17.2 Å². The molecule has 0 radical (unpaired) electrons. The maximum atomic E-state index is 12.0. The van der Waals surface area contributed by atoms with Gasteiger partial charge in [-0.2, -0.15) is 4.98 Å². The minimum absolute atomic E-state index is 0.0736. The Morgan fingerprint density at radius 3 is 2.95 bits per heavy atom. The molecule has 6 heteroatoms. The maximum absolute atomic E-state index is 12.0. The van der Waals surface area contributed by atoms with Crippen molar-refractivity contribution in [3.05, 3.63) is 29.6 Å². The summed E-state index contributed by atoms with van der Waals surface area (Å²) in [5.74, 6) is 0.884. The molecule has 0 aliphatic carbocycles. The summed E-state index contributed by atoms with van der Waals surface area (Å²) in [5.41, 5.74) is 1.34. The average molecular weight is 301 g/mol. The fourth-order valence-electron chi connectivity index (χ4n) is 1.82. The number of hydrogen-bond donors (Lipinski definition) is 0. The van der Waals surface area contributed by atoms with Crippen LogP contribution in [0.5, 0.6) is 0 Å². The average Bonchev–Trinajstić information content (AvgIpc) is 3.04. The largest absolute Gasteiger partial charge is 0.338 e. The molecule has 0 saturated carbocycles. The number of rotatable bonds is 3. The first-order valence-corrected chi connectivity index (χ1v) is 7.51. The number of aromatic nitrogens is 3. The van der Waals surface area contributed by atoms with Gasteiger partial charge in [-0.3, -0.25) is 9.78 Å². The Bertz CT molecular complexity index is 798. The highest BCUT2D eigenvalue weighted by molar-refractivity contribution is 7.17. The van der Waals surface area contributed by atoms with E-state index in [-0.39, 0.29) is 12.2 Å². The number of carbonyl (C=O) groups excluding carboxylic acids is 1. The molecule has 3 aromatic rings. The minimum Gasteiger partial charge on any atom is -0.338 e. The first-order chi connectivity index (χ1) is 9.93. The van der Waals surface area contributed by atoms with Crippen LogP contribution in [-0.4, -0.2) is 20.9 Å². The van der Waals surface area contributed by atoms with E-state index in [4.69, 9.17) is 4.52 Å². The third-order valence-electron chi connectivity index (χ3n) is 3.18. The lowest BCUT2D eigenvalue weighted by Crippen LogP contribution is -2.22. The van der Waals surface area contributed by atoms with Gasteiger partial charge in [0.25, 0.3) is 0 Å². The van der Waals surface area contributed by atoms with Gasteiger partial charge in [-0.15, -0.1) is 11.3 Å². The van der Waals surface area contributed by atoms with Crippen LogP contribution in [-0.2, 0) is 11.2 Å². The second kappa shape index (κ2) is 5.04. The first-order valence-electron chi connectivity index (χ1n) is 6.63. The summed E-state index contributed by atoms with van der Waals surface area (Å²) in [6, 6.07) is 3.95. The topological polar surface area (TPSA) is 68.9 Å². The molecule has 0 saturated heterocycles. The summed E-state index contributed by atoms with van der Waals surface area (Å²) in [6.45, 7) is 5.63. The molecule has 0 unspecified atom stereocenters. The van der Waals surface area contributed by atoms with Crippen LogP contribution >= 0.6 is 11.3 Å². The quantitative estimate of drug-likeness (QED) is 0.740. The van der Waals surface area contributed by atoms with Crippen molar-refractivity contribution in [3.63, 3.8) is 0 Å². The molecule has 0 fully saturated rings. The molecular formula is C15H15N3O2S. The number of fused-ring (bicyclic) bond motifs is 1. The van der Waals surface area contributed by atoms with Crippen LogP contribution in [0.2, 0.25) is 0 Å². The van der Waals surface area contributed by atoms with Gasteiger partial charge in [0.1, 0.15) is 5.78 Å². The number of thiophene rings is 1. The van der Waals surface area contributed by atoms with Gasteiger partial charge in [0.05, 0.1) is 16.6 Å². The van der Waals surface area contributed by atoms with Gasteiger partial charge in [0.15, 0.2) is 0 Å². The zero-order valence-electron chi connectivity index (χ0n) is 12.1. The number of hydrogen-bond acceptors (Lipinski definition) is 6. The third kappa shape index (κ3) is 2.85. The molecule has 5 nitrogen and oxygen atoms in total. The van der Waals surface area contributed by atoms with Gasteiger partial charge in [-0.25, -0.2) is 0 Å². The molecule has 0 aliphatic heterocycles. The van der Waals surface area contributed by atoms with E-state index in [1.807, 2.05) is 38.3 Å². The summed E-state index contributed by atoms with van der Waals surface area (Å²) < 4.78 is 6.25. The Kier molecular flexibility index (Phi) is 3.33. The van der Waals surface area contributed by atoms with Crippen molar-refractivity contribution in [1.82, 2.24) is 15.1 Å². The van der Waals surface area contributed by atoms with Gasteiger partial charge in [-0.05, 0) is 17.5 Å². The maximum Gasteiger partial charge on any atom is 0.234 e. The van der Waals surface area contributed by atoms with E-state index < -0.39 is 5.41 Å². The Morgan fingerprint density at radius 1 is 1.38 bits per heavy atom. The van der Waals surface area contributed by atoms with Crippen molar-refractivity contribution in [2.75, 3.05) is 0 Å². The van der Waals surface area contributed by atoms with Crippen LogP contribution in [0.15, 0.2) is 28.2 Å². The zero-order chi connectivity index (χ0) is 15.0. The lowest BCUT2D eigenvalue weighted by molar-refractivity contribution is -0.125. The molecule has 0 aromatic carbocycles. The lowest BCUT2D eigenvalue weighted by Gasteiger charge is -2.14. The molecule has 0 N–H and O–H groups in total. The lowest BCUT2D eigenvalue weighted by atomic mass is 9.89. The molecule has 0 aliphatic rings. The van der Waals surface area contributed by atoms with E-state index in [2.05, 4.69) is 15.1 Å². The SMILES string of the molecule is CC(C)(C)C(=O)Cc1nc(-c2cnc3ccsc3c2)no1. The summed E-state index contributed by atoms with van der Waals surface area (Å²) >= 11 is 1.61. The Morgan fingerprint density at radius 2 is 2.19 bits per heavy atom. The number of carbonyl (C=O) groups is 1. The molecule has 21 heavy (non-hydrogen) atoms. The van der Waals surface area contributed by atoms with E-state index in [0.717, 1.165) is 15.8 Å². The van der Waals surface area contributed by atoms with Gasteiger partial charge in [-0.1, -0.05) is 25.9 Å². The molecule has 108 valence electrons. The monoisotopic (exact) mass is 301 g/mol. The Hall–Kier alpha value is -2.08. The van der Waals surface area contributed by atoms with Crippen molar-refractivity contribution in [3.8, 4) is 11.4 Å². The van der Waals surface area contributed by atoms with Crippen molar-refractivity contribution in [1.29, 1.82) is 0 Å². The van der Waals surface area contributed by atoms with Gasteiger partial charge in [0.2, 0.25) is 11.7 Å². The van der Waals surface area contributed by atoms with Crippen molar-refractivity contribution < 1.29 is 9.32 Å². The van der Waals surface area contributed by atoms with E-state index in [1.54, 1.807) is 17.5 Å². The van der Waals surface area contributed by atoms with Gasteiger partial charge >= 0.3 is 0 Å². The molecule has 0 amide bonds.